The quantitative estimate of drug-likeness (QED) is 0.647. The lowest BCUT2D eigenvalue weighted by Gasteiger charge is -2.24. The highest BCUT2D eigenvalue weighted by atomic mass is 16.4. The van der Waals surface area contributed by atoms with Crippen molar-refractivity contribution in [3.63, 3.8) is 0 Å². The van der Waals surface area contributed by atoms with E-state index in [1.165, 1.54) is 0 Å². The third-order valence-electron chi connectivity index (χ3n) is 2.89. The van der Waals surface area contributed by atoms with E-state index in [0.717, 1.165) is 30.7 Å². The molecule has 0 spiro atoms. The molecule has 3 N–H and O–H groups in total. The molecule has 84 valence electrons. The molecular formula is C11H13N3O2. The van der Waals surface area contributed by atoms with E-state index < -0.39 is 5.76 Å². The van der Waals surface area contributed by atoms with E-state index in [1.807, 2.05) is 18.2 Å². The smallest absolute Gasteiger partial charge is 0.408 e. The molecule has 1 saturated heterocycles. The monoisotopic (exact) mass is 219 g/mol. The average Bonchev–Trinajstić information content (AvgIpc) is 2.69. The predicted octanol–water partition coefficient (Wildman–Crippen LogP) is 0.355. The highest BCUT2D eigenvalue weighted by Crippen LogP contribution is 2.18. The average molecular weight is 219 g/mol. The van der Waals surface area contributed by atoms with Gasteiger partial charge in [0.2, 0.25) is 0 Å². The molecule has 0 amide bonds. The third kappa shape index (κ3) is 1.64. The highest BCUT2D eigenvalue weighted by Gasteiger charge is 2.15. The maximum Gasteiger partial charge on any atom is 0.417 e. The number of oxazole rings is 1. The van der Waals surface area contributed by atoms with Crippen LogP contribution in [-0.4, -0.2) is 24.6 Å². The van der Waals surface area contributed by atoms with Crippen LogP contribution in [0.3, 0.4) is 0 Å². The molecule has 5 nitrogen and oxygen atoms in total. The van der Waals surface area contributed by atoms with E-state index in [4.69, 9.17) is 4.42 Å². The fourth-order valence-electron chi connectivity index (χ4n) is 2.08. The van der Waals surface area contributed by atoms with Crippen molar-refractivity contribution < 1.29 is 4.42 Å². The molecule has 1 aromatic carbocycles. The number of benzene rings is 1. The van der Waals surface area contributed by atoms with Crippen molar-refractivity contribution in [3.8, 4) is 0 Å². The largest absolute Gasteiger partial charge is 0.417 e. The highest BCUT2D eigenvalue weighted by molar-refractivity contribution is 5.72. The molecule has 1 aromatic heterocycles. The van der Waals surface area contributed by atoms with E-state index in [0.29, 0.717) is 11.6 Å². The first-order chi connectivity index (χ1) is 7.83. The van der Waals surface area contributed by atoms with Crippen molar-refractivity contribution in [2.45, 2.75) is 6.04 Å². The molecule has 3 rings (SSSR count). The normalized spacial score (nSPS) is 21.4. The first kappa shape index (κ1) is 9.62. The lowest BCUT2D eigenvalue weighted by atomic mass is 10.1. The van der Waals surface area contributed by atoms with Crippen LogP contribution >= 0.6 is 0 Å². The van der Waals surface area contributed by atoms with Gasteiger partial charge >= 0.3 is 5.76 Å². The Kier molecular flexibility index (Phi) is 2.27. The van der Waals surface area contributed by atoms with E-state index in [-0.39, 0.29) is 0 Å². The zero-order valence-corrected chi connectivity index (χ0v) is 8.75. The number of hydrogen-bond acceptors (Lipinski definition) is 4. The van der Waals surface area contributed by atoms with Gasteiger partial charge in [-0.2, -0.15) is 0 Å². The number of aromatic amines is 1. The topological polar surface area (TPSA) is 70.1 Å². The maximum atomic E-state index is 11.0. The van der Waals surface area contributed by atoms with Crippen LogP contribution in [0.2, 0.25) is 0 Å². The molecule has 16 heavy (non-hydrogen) atoms. The molecule has 1 fully saturated rings. The van der Waals surface area contributed by atoms with E-state index in [9.17, 15) is 4.79 Å². The zero-order valence-electron chi connectivity index (χ0n) is 8.75. The van der Waals surface area contributed by atoms with Gasteiger partial charge in [0.25, 0.3) is 0 Å². The number of piperazine rings is 1. The molecule has 1 aliphatic rings. The molecule has 2 aromatic rings. The van der Waals surface area contributed by atoms with Gasteiger partial charge in [0.05, 0.1) is 5.52 Å². The summed E-state index contributed by atoms with van der Waals surface area (Å²) in [4.78, 5) is 13.7. The lowest BCUT2D eigenvalue weighted by molar-refractivity contribution is 0.430. The SMILES string of the molecule is O=c1[nH]c2cc(C3CNCCN3)ccc2o1. The summed E-state index contributed by atoms with van der Waals surface area (Å²) in [6, 6.07) is 6.09. The van der Waals surface area contributed by atoms with Gasteiger partial charge in [0.1, 0.15) is 0 Å². The molecule has 5 heteroatoms. The van der Waals surface area contributed by atoms with Crippen molar-refractivity contribution in [2.75, 3.05) is 19.6 Å². The van der Waals surface area contributed by atoms with E-state index >= 15 is 0 Å². The zero-order chi connectivity index (χ0) is 11.0. The van der Waals surface area contributed by atoms with Crippen LogP contribution in [0.25, 0.3) is 11.1 Å². The molecule has 2 heterocycles. The summed E-state index contributed by atoms with van der Waals surface area (Å²) < 4.78 is 4.96. The fraction of sp³-hybridized carbons (Fsp3) is 0.364. The summed E-state index contributed by atoms with van der Waals surface area (Å²) in [7, 11) is 0. The van der Waals surface area contributed by atoms with Gasteiger partial charge in [0, 0.05) is 25.7 Å². The van der Waals surface area contributed by atoms with Crippen LogP contribution in [0.1, 0.15) is 11.6 Å². The summed E-state index contributed by atoms with van der Waals surface area (Å²) >= 11 is 0. The minimum atomic E-state index is -0.401. The number of H-pyrrole nitrogens is 1. The Balaban J connectivity index is 2.00. The Bertz CT molecular complexity index is 552. The molecule has 0 aliphatic carbocycles. The second-order valence-electron chi connectivity index (χ2n) is 3.98. The van der Waals surface area contributed by atoms with Crippen LogP contribution in [0, 0.1) is 0 Å². The van der Waals surface area contributed by atoms with Crippen molar-refractivity contribution >= 4 is 11.1 Å². The summed E-state index contributed by atoms with van der Waals surface area (Å²) in [5, 5.41) is 6.75. The van der Waals surface area contributed by atoms with Gasteiger partial charge in [-0.15, -0.1) is 0 Å². The molecule has 1 unspecified atom stereocenters. The third-order valence-corrected chi connectivity index (χ3v) is 2.89. The van der Waals surface area contributed by atoms with E-state index in [2.05, 4.69) is 15.6 Å². The van der Waals surface area contributed by atoms with Gasteiger partial charge in [-0.1, -0.05) is 6.07 Å². The van der Waals surface area contributed by atoms with Crippen LogP contribution in [0.4, 0.5) is 0 Å². The van der Waals surface area contributed by atoms with Gasteiger partial charge in [-0.05, 0) is 17.7 Å². The van der Waals surface area contributed by atoms with Gasteiger partial charge in [-0.25, -0.2) is 4.79 Å². The molecule has 1 atom stereocenters. The number of hydrogen-bond donors (Lipinski definition) is 3. The van der Waals surface area contributed by atoms with Gasteiger partial charge in [-0.3, -0.25) is 4.98 Å². The van der Waals surface area contributed by atoms with Crippen molar-refractivity contribution in [3.05, 3.63) is 34.3 Å². The Morgan fingerprint density at radius 1 is 1.31 bits per heavy atom. The van der Waals surface area contributed by atoms with Gasteiger partial charge in [0.15, 0.2) is 5.58 Å². The van der Waals surface area contributed by atoms with E-state index in [1.54, 1.807) is 0 Å². The summed E-state index contributed by atoms with van der Waals surface area (Å²) in [6.45, 7) is 2.87. The molecule has 0 saturated carbocycles. The number of nitrogens with one attached hydrogen (secondary N) is 3. The number of fused-ring (bicyclic) bond motifs is 1. The Labute approximate surface area is 91.8 Å². The summed E-state index contributed by atoms with van der Waals surface area (Å²) in [5.41, 5.74) is 2.53. The van der Waals surface area contributed by atoms with Gasteiger partial charge < -0.3 is 15.1 Å². The fourth-order valence-corrected chi connectivity index (χ4v) is 2.08. The maximum absolute atomic E-state index is 11.0. The van der Waals surface area contributed by atoms with Crippen LogP contribution in [0.5, 0.6) is 0 Å². The Morgan fingerprint density at radius 3 is 3.06 bits per heavy atom. The first-order valence-corrected chi connectivity index (χ1v) is 5.40. The first-order valence-electron chi connectivity index (χ1n) is 5.40. The van der Waals surface area contributed by atoms with Crippen molar-refractivity contribution in [1.82, 2.24) is 15.6 Å². The van der Waals surface area contributed by atoms with Crippen molar-refractivity contribution in [2.24, 2.45) is 0 Å². The second-order valence-corrected chi connectivity index (χ2v) is 3.98. The Morgan fingerprint density at radius 2 is 2.25 bits per heavy atom. The van der Waals surface area contributed by atoms with Crippen LogP contribution < -0.4 is 16.4 Å². The molecule has 0 bridgehead atoms. The second kappa shape index (κ2) is 3.77. The number of aromatic nitrogens is 1. The predicted molar refractivity (Wildman–Crippen MR) is 60.4 cm³/mol. The summed E-state index contributed by atoms with van der Waals surface area (Å²) in [6.07, 6.45) is 0. The minimum absolute atomic E-state index is 0.302. The Hall–Kier alpha value is -1.59. The molecule has 1 aliphatic heterocycles. The van der Waals surface area contributed by atoms with Crippen LogP contribution in [0.15, 0.2) is 27.4 Å². The standard InChI is InChI=1S/C11H13N3O2/c15-11-14-8-5-7(1-2-10(8)16-11)9-6-12-3-4-13-9/h1-2,5,9,12-13H,3-4,6H2,(H,14,15). The lowest BCUT2D eigenvalue weighted by Crippen LogP contribution is -2.42. The number of rotatable bonds is 1. The van der Waals surface area contributed by atoms with Crippen molar-refractivity contribution in [1.29, 1.82) is 0 Å². The molecule has 0 radical (unpaired) electrons. The van der Waals surface area contributed by atoms with Crippen LogP contribution in [-0.2, 0) is 0 Å². The minimum Gasteiger partial charge on any atom is -0.408 e. The summed E-state index contributed by atoms with van der Waals surface area (Å²) in [5.74, 6) is -0.401. The molecular weight excluding hydrogens is 206 g/mol.